The third kappa shape index (κ3) is 3.81. The largest absolute Gasteiger partial charge is 0.355 e. The van der Waals surface area contributed by atoms with Crippen LogP contribution in [0.3, 0.4) is 0 Å². The molecule has 1 unspecified atom stereocenters. The third-order valence-electron chi connectivity index (χ3n) is 4.81. The fourth-order valence-electron chi connectivity index (χ4n) is 3.23. The van der Waals surface area contributed by atoms with E-state index in [1.165, 1.54) is 12.8 Å². The van der Waals surface area contributed by atoms with Gasteiger partial charge in [0.05, 0.1) is 5.69 Å². The minimum Gasteiger partial charge on any atom is -0.355 e. The minimum absolute atomic E-state index is 0.119. The molecule has 1 fully saturated rings. The Hall–Kier alpha value is -3.22. The van der Waals surface area contributed by atoms with Crippen LogP contribution in [0, 0.1) is 0 Å². The van der Waals surface area contributed by atoms with E-state index in [-0.39, 0.29) is 11.9 Å². The van der Waals surface area contributed by atoms with Crippen LogP contribution in [0.5, 0.6) is 0 Å². The highest BCUT2D eigenvalue weighted by Gasteiger charge is 2.16. The van der Waals surface area contributed by atoms with Crippen molar-refractivity contribution < 1.29 is 4.79 Å². The summed E-state index contributed by atoms with van der Waals surface area (Å²) >= 11 is 0. The van der Waals surface area contributed by atoms with Crippen molar-refractivity contribution in [1.82, 2.24) is 20.0 Å². The monoisotopic (exact) mass is 362 g/mol. The average Bonchev–Trinajstić information content (AvgIpc) is 3.42. The molecule has 1 atom stereocenters. The minimum atomic E-state index is -0.386. The van der Waals surface area contributed by atoms with E-state index in [1.54, 1.807) is 23.1 Å². The van der Waals surface area contributed by atoms with Crippen molar-refractivity contribution in [1.29, 1.82) is 0 Å². The van der Waals surface area contributed by atoms with Gasteiger partial charge in [0.25, 0.3) is 0 Å². The van der Waals surface area contributed by atoms with Crippen LogP contribution in [-0.4, -0.2) is 39.0 Å². The lowest BCUT2D eigenvalue weighted by Crippen LogP contribution is -2.23. The van der Waals surface area contributed by atoms with Crippen molar-refractivity contribution in [2.75, 3.05) is 23.3 Å². The van der Waals surface area contributed by atoms with Crippen molar-refractivity contribution in [3.05, 3.63) is 54.9 Å². The highest BCUT2D eigenvalue weighted by atomic mass is 16.2. The van der Waals surface area contributed by atoms with E-state index in [4.69, 9.17) is 0 Å². The number of carbonyl (C=O) groups excluding carboxylic acids is 1. The standard InChI is InChI=1S/C20H22N6O/c1-15(26-13-5-10-21-26)20(27)22-17-7-4-6-16(14-17)18-8-9-19(24-23-18)25-11-2-3-12-25/h4-10,13-15H,2-3,11-12H2,1H3,(H,22,27). The number of hydrogen-bond donors (Lipinski definition) is 1. The first-order chi connectivity index (χ1) is 13.2. The van der Waals surface area contributed by atoms with E-state index < -0.39 is 0 Å². The summed E-state index contributed by atoms with van der Waals surface area (Å²) in [5.74, 6) is 0.806. The second-order valence-electron chi connectivity index (χ2n) is 6.70. The molecule has 3 aromatic rings. The molecule has 1 aliphatic heterocycles. The normalized spacial score (nSPS) is 14.9. The summed E-state index contributed by atoms with van der Waals surface area (Å²) in [5.41, 5.74) is 2.43. The van der Waals surface area contributed by atoms with Crippen molar-refractivity contribution in [3.63, 3.8) is 0 Å². The molecule has 1 saturated heterocycles. The highest BCUT2D eigenvalue weighted by molar-refractivity contribution is 5.94. The molecule has 1 aromatic carbocycles. The smallest absolute Gasteiger partial charge is 0.248 e. The Morgan fingerprint density at radius 3 is 2.67 bits per heavy atom. The average molecular weight is 362 g/mol. The molecular weight excluding hydrogens is 340 g/mol. The molecule has 0 aliphatic carbocycles. The van der Waals surface area contributed by atoms with Gasteiger partial charge in [0, 0.05) is 36.7 Å². The number of rotatable bonds is 5. The molecule has 1 amide bonds. The molecule has 0 bridgehead atoms. The number of carbonyl (C=O) groups is 1. The van der Waals surface area contributed by atoms with E-state index in [9.17, 15) is 4.79 Å². The molecule has 0 saturated carbocycles. The first kappa shape index (κ1) is 17.2. The van der Waals surface area contributed by atoms with Gasteiger partial charge in [-0.2, -0.15) is 5.10 Å². The van der Waals surface area contributed by atoms with E-state index >= 15 is 0 Å². The summed E-state index contributed by atoms with van der Waals surface area (Å²) < 4.78 is 1.63. The Morgan fingerprint density at radius 1 is 1.11 bits per heavy atom. The van der Waals surface area contributed by atoms with E-state index in [0.29, 0.717) is 0 Å². The summed E-state index contributed by atoms with van der Waals surface area (Å²) in [6.07, 6.45) is 5.86. The SMILES string of the molecule is CC(C(=O)Nc1cccc(-c2ccc(N3CCCC3)nn2)c1)n1cccn1. The zero-order chi connectivity index (χ0) is 18.6. The van der Waals surface area contributed by atoms with E-state index in [2.05, 4.69) is 25.5 Å². The van der Waals surface area contributed by atoms with Crippen LogP contribution in [-0.2, 0) is 4.79 Å². The maximum Gasteiger partial charge on any atom is 0.248 e. The summed E-state index contributed by atoms with van der Waals surface area (Å²) in [6, 6.07) is 13.0. The second-order valence-corrected chi connectivity index (χ2v) is 6.70. The Morgan fingerprint density at radius 2 is 1.96 bits per heavy atom. The quantitative estimate of drug-likeness (QED) is 0.755. The van der Waals surface area contributed by atoms with Crippen molar-refractivity contribution in [2.24, 2.45) is 0 Å². The van der Waals surface area contributed by atoms with Gasteiger partial charge in [-0.3, -0.25) is 9.48 Å². The molecule has 3 heterocycles. The molecule has 7 nitrogen and oxygen atoms in total. The van der Waals surface area contributed by atoms with Gasteiger partial charge in [-0.25, -0.2) is 0 Å². The predicted octanol–water partition coefficient (Wildman–Crippen LogP) is 3.14. The third-order valence-corrected chi connectivity index (χ3v) is 4.81. The van der Waals surface area contributed by atoms with Crippen molar-refractivity contribution in [2.45, 2.75) is 25.8 Å². The summed E-state index contributed by atoms with van der Waals surface area (Å²) in [4.78, 5) is 14.7. The summed E-state index contributed by atoms with van der Waals surface area (Å²) in [7, 11) is 0. The molecule has 138 valence electrons. The number of amides is 1. The van der Waals surface area contributed by atoms with Crippen LogP contribution in [0.4, 0.5) is 11.5 Å². The van der Waals surface area contributed by atoms with Crippen molar-refractivity contribution >= 4 is 17.4 Å². The Kier molecular flexibility index (Phi) is 4.82. The Balaban J connectivity index is 1.48. The second kappa shape index (κ2) is 7.57. The van der Waals surface area contributed by atoms with Gasteiger partial charge in [0.15, 0.2) is 5.82 Å². The lowest BCUT2D eigenvalue weighted by Gasteiger charge is -2.15. The number of anilines is 2. The Bertz CT molecular complexity index is 900. The number of hydrogen-bond acceptors (Lipinski definition) is 5. The zero-order valence-corrected chi connectivity index (χ0v) is 15.2. The topological polar surface area (TPSA) is 75.9 Å². The molecule has 0 radical (unpaired) electrons. The van der Waals surface area contributed by atoms with Gasteiger partial charge < -0.3 is 10.2 Å². The van der Waals surface area contributed by atoms with Gasteiger partial charge in [0.2, 0.25) is 5.91 Å². The summed E-state index contributed by atoms with van der Waals surface area (Å²) in [6.45, 7) is 3.91. The van der Waals surface area contributed by atoms with Gasteiger partial charge in [-0.1, -0.05) is 12.1 Å². The van der Waals surface area contributed by atoms with Crippen LogP contribution in [0.25, 0.3) is 11.3 Å². The van der Waals surface area contributed by atoms with E-state index in [0.717, 1.165) is 35.9 Å². The molecule has 1 N–H and O–H groups in total. The molecule has 4 rings (SSSR count). The fraction of sp³-hybridized carbons (Fsp3) is 0.300. The molecule has 0 spiro atoms. The molecule has 1 aliphatic rings. The maximum atomic E-state index is 12.4. The van der Waals surface area contributed by atoms with Gasteiger partial charge in [-0.05, 0) is 50.1 Å². The van der Waals surface area contributed by atoms with Gasteiger partial charge in [-0.15, -0.1) is 10.2 Å². The van der Waals surface area contributed by atoms with Crippen LogP contribution < -0.4 is 10.2 Å². The van der Waals surface area contributed by atoms with Crippen LogP contribution >= 0.6 is 0 Å². The Labute approximate surface area is 158 Å². The lowest BCUT2D eigenvalue weighted by molar-refractivity contribution is -0.119. The van der Waals surface area contributed by atoms with Crippen LogP contribution in [0.1, 0.15) is 25.8 Å². The molecule has 27 heavy (non-hydrogen) atoms. The number of benzene rings is 1. The van der Waals surface area contributed by atoms with Crippen molar-refractivity contribution in [3.8, 4) is 11.3 Å². The summed E-state index contributed by atoms with van der Waals surface area (Å²) in [5, 5.41) is 15.8. The molecule has 7 heteroatoms. The molecule has 2 aromatic heterocycles. The molecular formula is C20H22N6O. The van der Waals surface area contributed by atoms with E-state index in [1.807, 2.05) is 43.3 Å². The lowest BCUT2D eigenvalue weighted by atomic mass is 10.1. The first-order valence-electron chi connectivity index (χ1n) is 9.20. The maximum absolute atomic E-state index is 12.4. The van der Waals surface area contributed by atoms with Gasteiger partial charge in [0.1, 0.15) is 6.04 Å². The fourth-order valence-corrected chi connectivity index (χ4v) is 3.23. The highest BCUT2D eigenvalue weighted by Crippen LogP contribution is 2.23. The first-order valence-corrected chi connectivity index (χ1v) is 9.20. The number of aromatic nitrogens is 4. The number of nitrogens with one attached hydrogen (secondary N) is 1. The zero-order valence-electron chi connectivity index (χ0n) is 15.2. The van der Waals surface area contributed by atoms with Crippen LogP contribution in [0.15, 0.2) is 54.9 Å². The van der Waals surface area contributed by atoms with Gasteiger partial charge >= 0.3 is 0 Å². The number of nitrogens with zero attached hydrogens (tertiary/aromatic N) is 5. The predicted molar refractivity (Wildman–Crippen MR) is 104 cm³/mol. The van der Waals surface area contributed by atoms with Crippen LogP contribution in [0.2, 0.25) is 0 Å².